The van der Waals surface area contributed by atoms with Gasteiger partial charge in [-0.3, -0.25) is 4.79 Å². The quantitative estimate of drug-likeness (QED) is 0.684. The Balaban J connectivity index is 1.41. The van der Waals surface area contributed by atoms with E-state index in [0.29, 0.717) is 49.5 Å². The molecule has 1 amide bonds. The van der Waals surface area contributed by atoms with Crippen LogP contribution in [0.25, 0.3) is 0 Å². The number of terminal acetylenes is 1. The van der Waals surface area contributed by atoms with Gasteiger partial charge in [0.05, 0.1) is 6.20 Å². The number of carbonyl (C=O) groups is 1. The fourth-order valence-electron chi connectivity index (χ4n) is 3.68. The van der Waals surface area contributed by atoms with Gasteiger partial charge in [-0.15, -0.1) is 12.3 Å². The SMILES string of the molecule is C#CCCC1(CCNC(=O)c2cnn3c2N[C@@H](C2CC2)C[C@H]3C(F)F)N=N1. The van der Waals surface area contributed by atoms with Crippen molar-refractivity contribution in [3.8, 4) is 12.3 Å². The zero-order chi connectivity index (χ0) is 19.0. The van der Waals surface area contributed by atoms with Crippen molar-refractivity contribution < 1.29 is 13.6 Å². The summed E-state index contributed by atoms with van der Waals surface area (Å²) in [5.74, 6) is 3.03. The van der Waals surface area contributed by atoms with Crippen molar-refractivity contribution in [1.29, 1.82) is 0 Å². The van der Waals surface area contributed by atoms with Crippen molar-refractivity contribution >= 4 is 11.7 Å². The molecule has 1 fully saturated rings. The molecule has 2 atom stereocenters. The Bertz CT molecular complexity index is 788. The third kappa shape index (κ3) is 3.66. The highest BCUT2D eigenvalue weighted by atomic mass is 19.3. The largest absolute Gasteiger partial charge is 0.367 e. The number of carbonyl (C=O) groups excluding carboxylic acids is 1. The van der Waals surface area contributed by atoms with Crippen molar-refractivity contribution in [2.24, 2.45) is 16.1 Å². The third-order valence-corrected chi connectivity index (χ3v) is 5.52. The molecule has 1 aliphatic carbocycles. The highest BCUT2D eigenvalue weighted by molar-refractivity contribution is 5.98. The average Bonchev–Trinajstić information content (AvgIpc) is 3.57. The molecule has 3 aliphatic rings. The van der Waals surface area contributed by atoms with Gasteiger partial charge in [-0.1, -0.05) is 0 Å². The second-order valence-corrected chi connectivity index (χ2v) is 7.47. The zero-order valence-electron chi connectivity index (χ0n) is 14.9. The van der Waals surface area contributed by atoms with E-state index >= 15 is 0 Å². The maximum atomic E-state index is 13.5. The predicted octanol–water partition coefficient (Wildman–Crippen LogP) is 2.98. The number of anilines is 1. The van der Waals surface area contributed by atoms with Crippen LogP contribution in [0, 0.1) is 18.3 Å². The second kappa shape index (κ2) is 6.91. The molecule has 144 valence electrons. The monoisotopic (exact) mass is 376 g/mol. The summed E-state index contributed by atoms with van der Waals surface area (Å²) in [5.41, 5.74) is -0.165. The topological polar surface area (TPSA) is 83.7 Å². The lowest BCUT2D eigenvalue weighted by Gasteiger charge is -2.32. The number of hydrogen-bond acceptors (Lipinski definition) is 5. The van der Waals surface area contributed by atoms with Crippen molar-refractivity contribution in [3.63, 3.8) is 0 Å². The Hall–Kier alpha value is -2.50. The van der Waals surface area contributed by atoms with E-state index in [9.17, 15) is 13.6 Å². The van der Waals surface area contributed by atoms with E-state index in [4.69, 9.17) is 6.42 Å². The van der Waals surface area contributed by atoms with Gasteiger partial charge < -0.3 is 10.6 Å². The number of amides is 1. The second-order valence-electron chi connectivity index (χ2n) is 7.47. The zero-order valence-corrected chi connectivity index (χ0v) is 14.9. The summed E-state index contributed by atoms with van der Waals surface area (Å²) in [6.07, 6.45) is 8.34. The van der Waals surface area contributed by atoms with Crippen LogP contribution in [0.3, 0.4) is 0 Å². The Labute approximate surface area is 156 Å². The molecule has 0 radical (unpaired) electrons. The smallest absolute Gasteiger partial charge is 0.260 e. The van der Waals surface area contributed by atoms with Gasteiger partial charge in [-0.25, -0.2) is 13.5 Å². The maximum absolute atomic E-state index is 13.5. The number of fused-ring (bicyclic) bond motifs is 1. The van der Waals surface area contributed by atoms with Crippen LogP contribution in [-0.2, 0) is 0 Å². The molecule has 3 heterocycles. The van der Waals surface area contributed by atoms with Crippen LogP contribution < -0.4 is 10.6 Å². The molecule has 0 spiro atoms. The van der Waals surface area contributed by atoms with Crippen LogP contribution in [0.1, 0.15) is 54.9 Å². The van der Waals surface area contributed by atoms with Crippen molar-refractivity contribution in [2.45, 2.75) is 62.7 Å². The van der Waals surface area contributed by atoms with Gasteiger partial charge in [-0.05, 0) is 25.2 Å². The van der Waals surface area contributed by atoms with Crippen molar-refractivity contribution in [3.05, 3.63) is 11.8 Å². The van der Waals surface area contributed by atoms with Gasteiger partial charge >= 0.3 is 0 Å². The summed E-state index contributed by atoms with van der Waals surface area (Å²) in [6.45, 7) is 0.380. The van der Waals surface area contributed by atoms with Crippen molar-refractivity contribution in [2.75, 3.05) is 11.9 Å². The van der Waals surface area contributed by atoms with Gasteiger partial charge in [0.1, 0.15) is 17.4 Å². The van der Waals surface area contributed by atoms with Crippen LogP contribution in [0.4, 0.5) is 14.6 Å². The Kier molecular flexibility index (Phi) is 4.58. The fraction of sp³-hybridized carbons (Fsp3) is 0.667. The number of nitrogens with one attached hydrogen (secondary N) is 2. The molecule has 0 unspecified atom stereocenters. The first kappa shape index (κ1) is 17.9. The normalized spacial score (nSPS) is 24.8. The number of rotatable bonds is 8. The van der Waals surface area contributed by atoms with Crippen molar-refractivity contribution in [1.82, 2.24) is 15.1 Å². The molecular weight excluding hydrogens is 354 g/mol. The molecule has 27 heavy (non-hydrogen) atoms. The number of alkyl halides is 2. The molecule has 2 aliphatic heterocycles. The molecule has 1 aromatic rings. The standard InChI is InChI=1S/C18H22F2N6O/c1-2-3-6-18(24-25-18)7-8-21-17(27)12-10-22-26-14(15(19)20)9-13(11-4-5-11)23-16(12)26/h1,10-11,13-15,23H,3-9H2,(H,21,27)/t13-,14+/m1/s1. The number of aromatic nitrogens is 2. The van der Waals surface area contributed by atoms with Gasteiger partial charge in [0.2, 0.25) is 0 Å². The molecule has 0 aromatic carbocycles. The highest BCUT2D eigenvalue weighted by Gasteiger charge is 2.42. The first-order valence-corrected chi connectivity index (χ1v) is 9.31. The minimum atomic E-state index is -2.52. The van der Waals surface area contributed by atoms with Crippen LogP contribution in [0.2, 0.25) is 0 Å². The Morgan fingerprint density at radius 3 is 2.85 bits per heavy atom. The first-order chi connectivity index (χ1) is 13.0. The minimum absolute atomic E-state index is 0.0316. The molecule has 2 N–H and O–H groups in total. The lowest BCUT2D eigenvalue weighted by Crippen LogP contribution is -2.38. The van der Waals surface area contributed by atoms with Crippen LogP contribution in [-0.4, -0.2) is 40.4 Å². The maximum Gasteiger partial charge on any atom is 0.260 e. The van der Waals surface area contributed by atoms with Gasteiger partial charge in [-0.2, -0.15) is 15.3 Å². The number of hydrogen-bond donors (Lipinski definition) is 2. The van der Waals surface area contributed by atoms with E-state index in [1.54, 1.807) is 0 Å². The summed E-state index contributed by atoms with van der Waals surface area (Å²) < 4.78 is 28.2. The van der Waals surface area contributed by atoms with Gasteiger partial charge in [0.25, 0.3) is 12.3 Å². The van der Waals surface area contributed by atoms with E-state index in [2.05, 4.69) is 31.9 Å². The van der Waals surface area contributed by atoms with Gasteiger partial charge in [0, 0.05) is 31.8 Å². The molecule has 0 bridgehead atoms. The number of halogens is 2. The van der Waals surface area contributed by atoms with E-state index in [1.165, 1.54) is 10.9 Å². The third-order valence-electron chi connectivity index (χ3n) is 5.52. The molecule has 0 saturated heterocycles. The fourth-order valence-corrected chi connectivity index (χ4v) is 3.68. The van der Waals surface area contributed by atoms with Gasteiger partial charge in [0.15, 0.2) is 5.66 Å². The minimum Gasteiger partial charge on any atom is -0.367 e. The van der Waals surface area contributed by atoms with E-state index in [1.807, 2.05) is 0 Å². The molecule has 1 aromatic heterocycles. The average molecular weight is 376 g/mol. The van der Waals surface area contributed by atoms with E-state index in [-0.39, 0.29) is 11.9 Å². The Morgan fingerprint density at radius 2 is 2.22 bits per heavy atom. The predicted molar refractivity (Wildman–Crippen MR) is 94.6 cm³/mol. The lowest BCUT2D eigenvalue weighted by molar-refractivity contribution is 0.0644. The first-order valence-electron chi connectivity index (χ1n) is 9.31. The number of nitrogens with zero attached hydrogens (tertiary/aromatic N) is 4. The van der Waals surface area contributed by atoms with E-state index in [0.717, 1.165) is 12.8 Å². The van der Waals surface area contributed by atoms with Crippen LogP contribution in [0.5, 0.6) is 0 Å². The van der Waals surface area contributed by atoms with E-state index < -0.39 is 18.1 Å². The van der Waals surface area contributed by atoms with Crippen LogP contribution >= 0.6 is 0 Å². The highest BCUT2D eigenvalue weighted by Crippen LogP contribution is 2.43. The molecule has 1 saturated carbocycles. The summed E-state index contributed by atoms with van der Waals surface area (Å²) in [6, 6.07) is -1.03. The molecule has 9 heteroatoms. The lowest BCUT2D eigenvalue weighted by atomic mass is 10.00. The summed E-state index contributed by atoms with van der Waals surface area (Å²) in [4.78, 5) is 12.6. The molecule has 7 nitrogen and oxygen atoms in total. The summed E-state index contributed by atoms with van der Waals surface area (Å²) in [7, 11) is 0. The Morgan fingerprint density at radius 1 is 1.44 bits per heavy atom. The summed E-state index contributed by atoms with van der Waals surface area (Å²) in [5, 5.41) is 18.2. The molecular formula is C18H22F2N6O. The summed E-state index contributed by atoms with van der Waals surface area (Å²) >= 11 is 0. The molecule has 4 rings (SSSR count). The van der Waals surface area contributed by atoms with Crippen LogP contribution in [0.15, 0.2) is 16.4 Å².